The van der Waals surface area contributed by atoms with E-state index >= 15 is 0 Å². The van der Waals surface area contributed by atoms with Gasteiger partial charge >= 0.3 is 0 Å². The predicted molar refractivity (Wildman–Crippen MR) is 142 cm³/mol. The first-order chi connectivity index (χ1) is 17.6. The number of rotatable bonds is 6. The van der Waals surface area contributed by atoms with Crippen molar-refractivity contribution in [3.63, 3.8) is 0 Å². The second-order valence-electron chi connectivity index (χ2n) is 9.93. The van der Waals surface area contributed by atoms with E-state index in [4.69, 9.17) is 21.5 Å². The van der Waals surface area contributed by atoms with Crippen LogP contribution in [0.4, 0.5) is 5.82 Å². The van der Waals surface area contributed by atoms with Crippen molar-refractivity contribution in [3.8, 4) is 22.5 Å². The summed E-state index contributed by atoms with van der Waals surface area (Å²) < 4.78 is 1.82. The Kier molecular flexibility index (Phi) is 5.91. The molecule has 0 bridgehead atoms. The van der Waals surface area contributed by atoms with E-state index in [0.29, 0.717) is 23.0 Å². The highest BCUT2D eigenvalue weighted by Gasteiger charge is 2.35. The lowest BCUT2D eigenvalue weighted by atomic mass is 9.80. The SMILES string of the molecule is NC(=O)c1c(-c2ccc3ccc(-c4ccccc4)nc3c2)nn([C@H]2C[C@@H](CN3CCNCC3)C2)c1N. The van der Waals surface area contributed by atoms with Crippen molar-refractivity contribution in [2.75, 3.05) is 38.5 Å². The molecular formula is C28H31N7O. The molecule has 8 nitrogen and oxygen atoms in total. The van der Waals surface area contributed by atoms with Gasteiger partial charge in [-0.15, -0.1) is 0 Å². The number of pyridine rings is 1. The zero-order chi connectivity index (χ0) is 24.6. The zero-order valence-corrected chi connectivity index (χ0v) is 20.2. The molecule has 4 aromatic rings. The molecule has 1 aliphatic heterocycles. The summed E-state index contributed by atoms with van der Waals surface area (Å²) in [6, 6.07) is 20.3. The highest BCUT2D eigenvalue weighted by atomic mass is 16.1. The third-order valence-corrected chi connectivity index (χ3v) is 7.51. The monoisotopic (exact) mass is 481 g/mol. The quantitative estimate of drug-likeness (QED) is 0.389. The van der Waals surface area contributed by atoms with Crippen LogP contribution in [0.3, 0.4) is 0 Å². The van der Waals surface area contributed by atoms with Gasteiger partial charge in [0.2, 0.25) is 0 Å². The lowest BCUT2D eigenvalue weighted by Crippen LogP contribution is -2.47. The van der Waals surface area contributed by atoms with Crippen LogP contribution in [-0.2, 0) is 0 Å². The van der Waals surface area contributed by atoms with E-state index in [1.807, 2.05) is 59.3 Å². The van der Waals surface area contributed by atoms with Gasteiger partial charge in [0.05, 0.1) is 17.3 Å². The van der Waals surface area contributed by atoms with Gasteiger partial charge < -0.3 is 21.7 Å². The molecule has 2 aliphatic rings. The number of primary amides is 1. The van der Waals surface area contributed by atoms with E-state index < -0.39 is 5.91 Å². The number of amides is 1. The molecule has 1 aliphatic carbocycles. The number of hydrogen-bond donors (Lipinski definition) is 3. The average molecular weight is 482 g/mol. The Morgan fingerprint density at radius 1 is 1.00 bits per heavy atom. The molecule has 0 unspecified atom stereocenters. The van der Waals surface area contributed by atoms with Crippen LogP contribution in [0.25, 0.3) is 33.4 Å². The van der Waals surface area contributed by atoms with Gasteiger partial charge in [-0.2, -0.15) is 5.10 Å². The molecule has 6 rings (SSSR count). The Morgan fingerprint density at radius 2 is 1.75 bits per heavy atom. The minimum atomic E-state index is -0.559. The van der Waals surface area contributed by atoms with Crippen LogP contribution in [0.2, 0.25) is 0 Å². The third kappa shape index (κ3) is 4.23. The molecule has 1 saturated carbocycles. The Hall–Kier alpha value is -3.75. The molecule has 0 spiro atoms. The van der Waals surface area contributed by atoms with Crippen LogP contribution in [0.5, 0.6) is 0 Å². The molecule has 8 heteroatoms. The summed E-state index contributed by atoms with van der Waals surface area (Å²) in [5.74, 6) is 0.421. The van der Waals surface area contributed by atoms with Crippen LogP contribution < -0.4 is 16.8 Å². The molecule has 0 atom stereocenters. The van der Waals surface area contributed by atoms with E-state index in [-0.39, 0.29) is 6.04 Å². The van der Waals surface area contributed by atoms with Crippen molar-refractivity contribution in [1.82, 2.24) is 25.0 Å². The highest BCUT2D eigenvalue weighted by Crippen LogP contribution is 2.41. The number of nitrogen functional groups attached to an aromatic ring is 1. The van der Waals surface area contributed by atoms with Gasteiger partial charge in [0.15, 0.2) is 0 Å². The Morgan fingerprint density at radius 3 is 2.50 bits per heavy atom. The molecule has 2 aromatic carbocycles. The number of carbonyl (C=O) groups is 1. The molecular weight excluding hydrogens is 450 g/mol. The maximum Gasteiger partial charge on any atom is 0.254 e. The van der Waals surface area contributed by atoms with Crippen LogP contribution in [-0.4, -0.2) is 58.3 Å². The summed E-state index contributed by atoms with van der Waals surface area (Å²) >= 11 is 0. The summed E-state index contributed by atoms with van der Waals surface area (Å²) in [6.45, 7) is 5.42. The second-order valence-corrected chi connectivity index (χ2v) is 9.93. The number of nitrogens with one attached hydrogen (secondary N) is 1. The first-order valence-corrected chi connectivity index (χ1v) is 12.6. The van der Waals surface area contributed by atoms with Crippen LogP contribution in [0, 0.1) is 5.92 Å². The first kappa shape index (κ1) is 22.7. The van der Waals surface area contributed by atoms with Crippen molar-refractivity contribution in [3.05, 3.63) is 66.2 Å². The Labute approximate surface area is 210 Å². The standard InChI is InChI=1S/C28H31N7O/c29-27-25(28(30)36)26(33-35(27)22-14-18(15-22)17-34-12-10-31-11-13-34)21-7-6-20-8-9-23(32-24(20)16-21)19-4-2-1-3-5-19/h1-9,16,18,22,31H,10-15,17,29H2,(H2,30,36)/t18-,22+. The third-order valence-electron chi connectivity index (χ3n) is 7.51. The van der Waals surface area contributed by atoms with Gasteiger partial charge in [-0.25, -0.2) is 9.67 Å². The van der Waals surface area contributed by atoms with Crippen molar-refractivity contribution < 1.29 is 4.79 Å². The molecule has 0 radical (unpaired) electrons. The molecule has 1 amide bonds. The maximum absolute atomic E-state index is 12.4. The smallest absolute Gasteiger partial charge is 0.254 e. The number of fused-ring (bicyclic) bond motifs is 1. The normalized spacial score (nSPS) is 20.3. The van der Waals surface area contributed by atoms with E-state index in [2.05, 4.69) is 16.3 Å². The zero-order valence-electron chi connectivity index (χ0n) is 20.2. The van der Waals surface area contributed by atoms with Gasteiger partial charge in [-0.1, -0.05) is 48.5 Å². The molecule has 2 fully saturated rings. The van der Waals surface area contributed by atoms with Crippen molar-refractivity contribution in [2.45, 2.75) is 18.9 Å². The van der Waals surface area contributed by atoms with Crippen LogP contribution in [0.1, 0.15) is 29.2 Å². The van der Waals surface area contributed by atoms with Gasteiger partial charge in [0.25, 0.3) is 5.91 Å². The topological polar surface area (TPSA) is 115 Å². The minimum Gasteiger partial charge on any atom is -0.383 e. The molecule has 3 heterocycles. The summed E-state index contributed by atoms with van der Waals surface area (Å²) in [5, 5.41) is 9.25. The predicted octanol–water partition coefficient (Wildman–Crippen LogP) is 3.30. The average Bonchev–Trinajstić information content (AvgIpc) is 3.23. The van der Waals surface area contributed by atoms with E-state index in [1.165, 1.54) is 0 Å². The summed E-state index contributed by atoms with van der Waals surface area (Å²) in [4.78, 5) is 19.8. The summed E-state index contributed by atoms with van der Waals surface area (Å²) in [6.07, 6.45) is 2.01. The minimum absolute atomic E-state index is 0.188. The highest BCUT2D eigenvalue weighted by molar-refractivity contribution is 6.04. The molecule has 184 valence electrons. The van der Waals surface area contributed by atoms with E-state index in [0.717, 1.165) is 73.3 Å². The fourth-order valence-electron chi connectivity index (χ4n) is 5.51. The lowest BCUT2D eigenvalue weighted by Gasteiger charge is -2.40. The summed E-state index contributed by atoms with van der Waals surface area (Å²) in [7, 11) is 0. The van der Waals surface area contributed by atoms with Gasteiger partial charge in [-0.05, 0) is 30.9 Å². The number of nitrogens with two attached hydrogens (primary N) is 2. The Balaban J connectivity index is 1.29. The number of anilines is 1. The van der Waals surface area contributed by atoms with Crippen LogP contribution >= 0.6 is 0 Å². The Bertz CT molecular complexity index is 1400. The number of aromatic nitrogens is 3. The van der Waals surface area contributed by atoms with Crippen molar-refractivity contribution >= 4 is 22.6 Å². The van der Waals surface area contributed by atoms with Gasteiger partial charge in [0, 0.05) is 49.2 Å². The van der Waals surface area contributed by atoms with Crippen molar-refractivity contribution in [2.24, 2.45) is 11.7 Å². The van der Waals surface area contributed by atoms with Crippen LogP contribution in [0.15, 0.2) is 60.7 Å². The molecule has 2 aromatic heterocycles. The molecule has 36 heavy (non-hydrogen) atoms. The summed E-state index contributed by atoms with van der Waals surface area (Å²) in [5.41, 5.74) is 16.6. The van der Waals surface area contributed by atoms with Gasteiger partial charge in [-0.3, -0.25) is 4.79 Å². The molecule has 5 N–H and O–H groups in total. The van der Waals surface area contributed by atoms with E-state index in [1.54, 1.807) is 0 Å². The number of nitrogens with zero attached hydrogens (tertiary/aromatic N) is 4. The second kappa shape index (κ2) is 9.37. The first-order valence-electron chi connectivity index (χ1n) is 12.6. The fraction of sp³-hybridized carbons (Fsp3) is 0.321. The fourth-order valence-corrected chi connectivity index (χ4v) is 5.51. The number of hydrogen-bond acceptors (Lipinski definition) is 6. The molecule has 1 saturated heterocycles. The maximum atomic E-state index is 12.4. The lowest BCUT2D eigenvalue weighted by molar-refractivity contribution is 0.100. The number of carbonyl (C=O) groups excluding carboxylic acids is 1. The largest absolute Gasteiger partial charge is 0.383 e. The van der Waals surface area contributed by atoms with Crippen molar-refractivity contribution in [1.29, 1.82) is 0 Å². The number of benzene rings is 2. The number of piperazine rings is 1. The van der Waals surface area contributed by atoms with E-state index in [9.17, 15) is 4.79 Å². The van der Waals surface area contributed by atoms with Gasteiger partial charge in [0.1, 0.15) is 17.1 Å².